The molecule has 0 saturated heterocycles. The van der Waals surface area contributed by atoms with E-state index in [9.17, 15) is 9.90 Å². The first-order valence-electron chi connectivity index (χ1n) is 8.23. The largest absolute Gasteiger partial charge is 0.508 e. The van der Waals surface area contributed by atoms with E-state index in [1.54, 1.807) is 48.0 Å². The van der Waals surface area contributed by atoms with Gasteiger partial charge in [-0.15, -0.1) is 5.10 Å². The Bertz CT molecular complexity index is 1050. The van der Waals surface area contributed by atoms with Crippen LogP contribution in [-0.2, 0) is 4.79 Å². The van der Waals surface area contributed by atoms with Crippen molar-refractivity contribution in [2.75, 3.05) is 5.32 Å². The number of hydrogen-bond acceptors (Lipinski definition) is 5. The molecule has 7 nitrogen and oxygen atoms in total. The zero-order valence-electron chi connectivity index (χ0n) is 14.3. The van der Waals surface area contributed by atoms with Crippen LogP contribution in [0.25, 0.3) is 11.4 Å². The Morgan fingerprint density at radius 1 is 1.19 bits per heavy atom. The van der Waals surface area contributed by atoms with Crippen molar-refractivity contribution in [3.8, 4) is 17.1 Å². The summed E-state index contributed by atoms with van der Waals surface area (Å²) < 4.78 is 1.64. The molecule has 2 heterocycles. The van der Waals surface area contributed by atoms with E-state index in [1.165, 1.54) is 0 Å². The minimum Gasteiger partial charge on any atom is -0.508 e. The Labute approximate surface area is 160 Å². The van der Waals surface area contributed by atoms with Gasteiger partial charge in [0.2, 0.25) is 11.9 Å². The SMILES string of the molecule is CC1=C(C(N)=O)C(c2ccc(Cl)cc2)n2nc(-c3ccc(O)cc3)nc2N1. The van der Waals surface area contributed by atoms with E-state index in [1.807, 2.05) is 12.1 Å². The van der Waals surface area contributed by atoms with Gasteiger partial charge in [-0.2, -0.15) is 4.98 Å². The molecule has 4 N–H and O–H groups in total. The highest BCUT2D eigenvalue weighted by molar-refractivity contribution is 6.30. The van der Waals surface area contributed by atoms with E-state index in [0.29, 0.717) is 28.1 Å². The summed E-state index contributed by atoms with van der Waals surface area (Å²) in [5.41, 5.74) is 8.25. The van der Waals surface area contributed by atoms with Crippen molar-refractivity contribution in [1.82, 2.24) is 14.8 Å². The summed E-state index contributed by atoms with van der Waals surface area (Å²) in [5, 5.41) is 17.8. The second-order valence-corrected chi connectivity index (χ2v) is 6.67. The first-order chi connectivity index (χ1) is 12.9. The molecule has 0 aliphatic carbocycles. The molecule has 136 valence electrons. The van der Waals surface area contributed by atoms with Crippen LogP contribution >= 0.6 is 11.6 Å². The number of nitrogens with two attached hydrogens (primary N) is 1. The molecule has 0 fully saturated rings. The third kappa shape index (κ3) is 3.02. The minimum atomic E-state index is -0.535. The number of allylic oxidation sites excluding steroid dienone is 1. The summed E-state index contributed by atoms with van der Waals surface area (Å²) in [5.74, 6) is 0.594. The number of amides is 1. The number of phenolic OH excluding ortho intramolecular Hbond substituents is 1. The summed E-state index contributed by atoms with van der Waals surface area (Å²) in [7, 11) is 0. The highest BCUT2D eigenvalue weighted by Gasteiger charge is 2.33. The van der Waals surface area contributed by atoms with Crippen LogP contribution in [0.2, 0.25) is 5.02 Å². The van der Waals surface area contributed by atoms with Gasteiger partial charge in [0.25, 0.3) is 0 Å². The fourth-order valence-corrected chi connectivity index (χ4v) is 3.28. The maximum absolute atomic E-state index is 12.1. The number of benzene rings is 2. The van der Waals surface area contributed by atoms with Crippen LogP contribution in [0, 0.1) is 0 Å². The molecular weight excluding hydrogens is 366 g/mol. The van der Waals surface area contributed by atoms with Crippen LogP contribution in [0.15, 0.2) is 59.8 Å². The fourth-order valence-electron chi connectivity index (χ4n) is 3.16. The zero-order chi connectivity index (χ0) is 19.1. The van der Waals surface area contributed by atoms with E-state index in [0.717, 1.165) is 11.1 Å². The van der Waals surface area contributed by atoms with Crippen molar-refractivity contribution in [3.05, 3.63) is 70.4 Å². The van der Waals surface area contributed by atoms with Gasteiger partial charge < -0.3 is 16.2 Å². The van der Waals surface area contributed by atoms with Crippen LogP contribution < -0.4 is 11.1 Å². The maximum Gasteiger partial charge on any atom is 0.248 e. The second kappa shape index (κ2) is 6.44. The normalized spacial score (nSPS) is 16.0. The molecule has 1 amide bonds. The lowest BCUT2D eigenvalue weighted by Gasteiger charge is -2.27. The molecule has 1 aliphatic rings. The lowest BCUT2D eigenvalue weighted by atomic mass is 9.95. The number of nitrogens with one attached hydrogen (secondary N) is 1. The van der Waals surface area contributed by atoms with Gasteiger partial charge in [0, 0.05) is 16.3 Å². The number of hydrogen-bond donors (Lipinski definition) is 3. The molecule has 0 radical (unpaired) electrons. The lowest BCUT2D eigenvalue weighted by molar-refractivity contribution is -0.115. The number of fused-ring (bicyclic) bond motifs is 1. The van der Waals surface area contributed by atoms with Gasteiger partial charge in [0.15, 0.2) is 5.82 Å². The maximum atomic E-state index is 12.1. The molecule has 0 spiro atoms. The van der Waals surface area contributed by atoms with Gasteiger partial charge in [-0.1, -0.05) is 23.7 Å². The third-order valence-electron chi connectivity index (χ3n) is 4.43. The molecule has 1 atom stereocenters. The zero-order valence-corrected chi connectivity index (χ0v) is 15.1. The van der Waals surface area contributed by atoms with Crippen molar-refractivity contribution >= 4 is 23.5 Å². The Morgan fingerprint density at radius 2 is 1.85 bits per heavy atom. The van der Waals surface area contributed by atoms with E-state index < -0.39 is 11.9 Å². The number of primary amides is 1. The predicted molar refractivity (Wildman–Crippen MR) is 102 cm³/mol. The molecule has 2 aromatic carbocycles. The fraction of sp³-hybridized carbons (Fsp3) is 0.105. The lowest BCUT2D eigenvalue weighted by Crippen LogP contribution is -2.31. The average Bonchev–Trinajstić information content (AvgIpc) is 3.05. The first-order valence-corrected chi connectivity index (χ1v) is 8.61. The Morgan fingerprint density at radius 3 is 2.48 bits per heavy atom. The monoisotopic (exact) mass is 381 g/mol. The Kier molecular flexibility index (Phi) is 4.08. The van der Waals surface area contributed by atoms with Crippen LogP contribution in [-0.4, -0.2) is 25.8 Å². The third-order valence-corrected chi connectivity index (χ3v) is 4.68. The summed E-state index contributed by atoms with van der Waals surface area (Å²) >= 11 is 6.00. The van der Waals surface area contributed by atoms with Crippen molar-refractivity contribution in [2.24, 2.45) is 5.73 Å². The van der Waals surface area contributed by atoms with Crippen LogP contribution in [0.1, 0.15) is 18.5 Å². The van der Waals surface area contributed by atoms with E-state index in [4.69, 9.17) is 17.3 Å². The van der Waals surface area contributed by atoms with E-state index in [2.05, 4.69) is 15.4 Å². The average molecular weight is 382 g/mol. The summed E-state index contributed by atoms with van der Waals surface area (Å²) in [4.78, 5) is 16.7. The topological polar surface area (TPSA) is 106 Å². The number of aromatic nitrogens is 3. The Balaban J connectivity index is 1.87. The number of anilines is 1. The number of halogens is 1. The Hall–Kier alpha value is -3.32. The van der Waals surface area contributed by atoms with Crippen molar-refractivity contribution in [2.45, 2.75) is 13.0 Å². The number of nitrogens with zero attached hydrogens (tertiary/aromatic N) is 3. The summed E-state index contributed by atoms with van der Waals surface area (Å²) in [6.07, 6.45) is 0. The second-order valence-electron chi connectivity index (χ2n) is 6.23. The highest BCUT2D eigenvalue weighted by Crippen LogP contribution is 2.36. The summed E-state index contributed by atoms with van der Waals surface area (Å²) in [6, 6.07) is 13.2. The molecular formula is C19H16ClN5O2. The van der Waals surface area contributed by atoms with Gasteiger partial charge in [-0.25, -0.2) is 4.68 Å². The number of rotatable bonds is 3. The number of aromatic hydroxyl groups is 1. The van der Waals surface area contributed by atoms with Crippen molar-refractivity contribution < 1.29 is 9.90 Å². The minimum absolute atomic E-state index is 0.161. The van der Waals surface area contributed by atoms with Gasteiger partial charge in [0.05, 0.1) is 5.57 Å². The van der Waals surface area contributed by atoms with Crippen LogP contribution in [0.4, 0.5) is 5.95 Å². The first kappa shape index (κ1) is 17.1. The number of phenols is 1. The van der Waals surface area contributed by atoms with Gasteiger partial charge in [-0.05, 0) is 48.9 Å². The molecule has 0 bridgehead atoms. The molecule has 8 heteroatoms. The van der Waals surface area contributed by atoms with Gasteiger partial charge >= 0.3 is 0 Å². The number of carbonyl (C=O) groups is 1. The molecule has 1 aliphatic heterocycles. The molecule has 27 heavy (non-hydrogen) atoms. The summed E-state index contributed by atoms with van der Waals surface area (Å²) in [6.45, 7) is 1.78. The van der Waals surface area contributed by atoms with E-state index in [-0.39, 0.29) is 5.75 Å². The number of carbonyl (C=O) groups excluding carboxylic acids is 1. The molecule has 1 unspecified atom stereocenters. The smallest absolute Gasteiger partial charge is 0.248 e. The van der Waals surface area contributed by atoms with Crippen LogP contribution in [0.5, 0.6) is 5.75 Å². The molecule has 3 aromatic rings. The predicted octanol–water partition coefficient (Wildman–Crippen LogP) is 3.08. The highest BCUT2D eigenvalue weighted by atomic mass is 35.5. The molecule has 4 rings (SSSR count). The quantitative estimate of drug-likeness (QED) is 0.646. The molecule has 0 saturated carbocycles. The van der Waals surface area contributed by atoms with Gasteiger partial charge in [0.1, 0.15) is 11.8 Å². The molecule has 1 aromatic heterocycles. The van der Waals surface area contributed by atoms with Crippen molar-refractivity contribution in [1.29, 1.82) is 0 Å². The van der Waals surface area contributed by atoms with Gasteiger partial charge in [-0.3, -0.25) is 4.79 Å². The van der Waals surface area contributed by atoms with Crippen LogP contribution in [0.3, 0.4) is 0 Å². The standard InChI is InChI=1S/C19H16ClN5O2/c1-10-15(17(21)27)16(11-2-6-13(20)7-3-11)25-19(22-10)23-18(24-25)12-4-8-14(26)9-5-12/h2-9,16,26H,1H3,(H2,21,27)(H,22,23,24). The van der Waals surface area contributed by atoms with Crippen molar-refractivity contribution in [3.63, 3.8) is 0 Å². The van der Waals surface area contributed by atoms with E-state index >= 15 is 0 Å².